The van der Waals surface area contributed by atoms with Gasteiger partial charge in [0.15, 0.2) is 11.5 Å². The minimum absolute atomic E-state index is 0.0205. The average molecular weight is 402 g/mol. The standard InChI is InChI=1S/C20H22N2O5S/c1-3-28(24,25)21(16-8-9-18-19(11-16)27-13-26-18)12-20(23)22-14(2)10-15-6-4-5-7-17(15)22/h4-9,11,14H,3,10,12-13H2,1-2H3/t14-/m1/s1. The molecule has 0 saturated heterocycles. The zero-order chi connectivity index (χ0) is 19.9. The normalized spacial score (nSPS) is 17.5. The van der Waals surface area contributed by atoms with Crippen molar-refractivity contribution in [2.75, 3.05) is 28.3 Å². The molecule has 2 heterocycles. The fraction of sp³-hybridized carbons (Fsp3) is 0.350. The smallest absolute Gasteiger partial charge is 0.248 e. The van der Waals surface area contributed by atoms with E-state index in [1.54, 1.807) is 30.0 Å². The van der Waals surface area contributed by atoms with Gasteiger partial charge < -0.3 is 14.4 Å². The van der Waals surface area contributed by atoms with Gasteiger partial charge in [-0.25, -0.2) is 8.42 Å². The van der Waals surface area contributed by atoms with Crippen LogP contribution in [0.3, 0.4) is 0 Å². The number of carbonyl (C=O) groups excluding carboxylic acids is 1. The maximum Gasteiger partial charge on any atom is 0.248 e. The third-order valence-corrected chi connectivity index (χ3v) is 6.84. The maximum atomic E-state index is 13.2. The van der Waals surface area contributed by atoms with Crippen LogP contribution in [0.2, 0.25) is 0 Å². The van der Waals surface area contributed by atoms with E-state index in [1.807, 2.05) is 31.2 Å². The Morgan fingerprint density at radius 1 is 1.18 bits per heavy atom. The fourth-order valence-electron chi connectivity index (χ4n) is 3.69. The number of hydrogen-bond donors (Lipinski definition) is 0. The van der Waals surface area contributed by atoms with E-state index in [2.05, 4.69) is 0 Å². The quantitative estimate of drug-likeness (QED) is 0.768. The van der Waals surface area contributed by atoms with Crippen molar-refractivity contribution < 1.29 is 22.7 Å². The van der Waals surface area contributed by atoms with Crippen LogP contribution >= 0.6 is 0 Å². The third kappa shape index (κ3) is 3.17. The lowest BCUT2D eigenvalue weighted by Crippen LogP contribution is -2.45. The van der Waals surface area contributed by atoms with Crippen LogP contribution in [0, 0.1) is 0 Å². The van der Waals surface area contributed by atoms with Crippen molar-refractivity contribution in [2.24, 2.45) is 0 Å². The summed E-state index contributed by atoms with van der Waals surface area (Å²) >= 11 is 0. The zero-order valence-electron chi connectivity index (χ0n) is 15.8. The van der Waals surface area contributed by atoms with Gasteiger partial charge in [0.05, 0.1) is 11.4 Å². The summed E-state index contributed by atoms with van der Waals surface area (Å²) in [5.74, 6) is 0.667. The largest absolute Gasteiger partial charge is 0.454 e. The Bertz CT molecular complexity index is 1020. The summed E-state index contributed by atoms with van der Waals surface area (Å²) in [6, 6.07) is 12.6. The van der Waals surface area contributed by atoms with Gasteiger partial charge in [0.1, 0.15) is 6.54 Å². The Hall–Kier alpha value is -2.74. The zero-order valence-corrected chi connectivity index (χ0v) is 16.6. The van der Waals surface area contributed by atoms with Gasteiger partial charge in [-0.1, -0.05) is 18.2 Å². The van der Waals surface area contributed by atoms with Gasteiger partial charge in [0.2, 0.25) is 22.7 Å². The van der Waals surface area contributed by atoms with Gasteiger partial charge in [0, 0.05) is 17.8 Å². The molecule has 0 fully saturated rings. The summed E-state index contributed by atoms with van der Waals surface area (Å²) in [7, 11) is -3.66. The number of amides is 1. The van der Waals surface area contributed by atoms with Crippen molar-refractivity contribution in [3.63, 3.8) is 0 Å². The monoisotopic (exact) mass is 402 g/mol. The number of hydrogen-bond acceptors (Lipinski definition) is 5. The van der Waals surface area contributed by atoms with Crippen LogP contribution in [0.1, 0.15) is 19.4 Å². The van der Waals surface area contributed by atoms with E-state index in [9.17, 15) is 13.2 Å². The Balaban J connectivity index is 1.66. The molecule has 8 heteroatoms. The molecule has 2 aromatic carbocycles. The molecule has 0 unspecified atom stereocenters. The Kier molecular flexibility index (Phi) is 4.66. The molecule has 1 amide bonds. The van der Waals surface area contributed by atoms with Crippen LogP contribution in [-0.4, -0.2) is 39.5 Å². The van der Waals surface area contributed by atoms with Crippen LogP contribution in [0.4, 0.5) is 11.4 Å². The summed E-state index contributed by atoms with van der Waals surface area (Å²) in [6.45, 7) is 3.36. The van der Waals surface area contributed by atoms with Crippen molar-refractivity contribution >= 4 is 27.3 Å². The molecule has 2 aliphatic heterocycles. The second kappa shape index (κ2) is 7.01. The molecule has 0 saturated carbocycles. The second-order valence-electron chi connectivity index (χ2n) is 6.89. The van der Waals surface area contributed by atoms with E-state index in [0.29, 0.717) is 17.2 Å². The molecule has 0 aliphatic carbocycles. The van der Waals surface area contributed by atoms with E-state index >= 15 is 0 Å². The number of rotatable bonds is 5. The molecule has 0 radical (unpaired) electrons. The van der Waals surface area contributed by atoms with Gasteiger partial charge in [-0.15, -0.1) is 0 Å². The van der Waals surface area contributed by atoms with E-state index in [-0.39, 0.29) is 31.0 Å². The lowest BCUT2D eigenvalue weighted by Gasteiger charge is -2.28. The highest BCUT2D eigenvalue weighted by Crippen LogP contribution is 2.37. The molecule has 0 aromatic heterocycles. The molecular formula is C20H22N2O5S. The molecule has 2 aromatic rings. The molecule has 0 spiro atoms. The maximum absolute atomic E-state index is 13.2. The first-order valence-electron chi connectivity index (χ1n) is 9.20. The molecule has 2 aliphatic rings. The van der Waals surface area contributed by atoms with Crippen LogP contribution < -0.4 is 18.7 Å². The third-order valence-electron chi connectivity index (χ3n) is 5.10. The minimum atomic E-state index is -3.66. The summed E-state index contributed by atoms with van der Waals surface area (Å²) in [5.41, 5.74) is 2.33. The number of sulfonamides is 1. The first-order chi connectivity index (χ1) is 13.4. The fourth-order valence-corrected chi connectivity index (χ4v) is 4.74. The molecule has 0 N–H and O–H groups in total. The van der Waals surface area contributed by atoms with Crippen molar-refractivity contribution in [3.05, 3.63) is 48.0 Å². The number of fused-ring (bicyclic) bond motifs is 2. The minimum Gasteiger partial charge on any atom is -0.454 e. The highest BCUT2D eigenvalue weighted by molar-refractivity contribution is 7.92. The van der Waals surface area contributed by atoms with Crippen LogP contribution in [-0.2, 0) is 21.2 Å². The lowest BCUT2D eigenvalue weighted by molar-refractivity contribution is -0.117. The SMILES string of the molecule is CCS(=O)(=O)N(CC(=O)N1c2ccccc2C[C@H]1C)c1ccc2c(c1)OCO2. The van der Waals surface area contributed by atoms with Gasteiger partial charge in [-0.3, -0.25) is 9.10 Å². The lowest BCUT2D eigenvalue weighted by atomic mass is 10.1. The van der Waals surface area contributed by atoms with Gasteiger partial charge in [0.25, 0.3) is 0 Å². The second-order valence-corrected chi connectivity index (χ2v) is 9.07. The van der Waals surface area contributed by atoms with E-state index in [1.165, 1.54) is 0 Å². The number of nitrogens with zero attached hydrogens (tertiary/aromatic N) is 2. The van der Waals surface area contributed by atoms with E-state index < -0.39 is 10.0 Å². The van der Waals surface area contributed by atoms with Crippen LogP contribution in [0.5, 0.6) is 11.5 Å². The Morgan fingerprint density at radius 2 is 1.93 bits per heavy atom. The van der Waals surface area contributed by atoms with E-state index in [0.717, 1.165) is 22.0 Å². The summed E-state index contributed by atoms with van der Waals surface area (Å²) in [6.07, 6.45) is 0.756. The molecule has 148 valence electrons. The van der Waals surface area contributed by atoms with Crippen molar-refractivity contribution in [1.82, 2.24) is 0 Å². The average Bonchev–Trinajstić information content (AvgIpc) is 3.28. The predicted octanol–water partition coefficient (Wildman–Crippen LogP) is 2.55. The van der Waals surface area contributed by atoms with Gasteiger partial charge in [-0.05, 0) is 44.0 Å². The number of benzene rings is 2. The van der Waals surface area contributed by atoms with Gasteiger partial charge in [-0.2, -0.15) is 0 Å². The van der Waals surface area contributed by atoms with Crippen LogP contribution in [0.15, 0.2) is 42.5 Å². The predicted molar refractivity (Wildman–Crippen MR) is 106 cm³/mol. The topological polar surface area (TPSA) is 76.2 Å². The molecule has 1 atom stereocenters. The molecule has 28 heavy (non-hydrogen) atoms. The summed E-state index contributed by atoms with van der Waals surface area (Å²) < 4.78 is 37.3. The molecule has 7 nitrogen and oxygen atoms in total. The summed E-state index contributed by atoms with van der Waals surface area (Å²) in [4.78, 5) is 14.9. The molecule has 4 rings (SSSR count). The van der Waals surface area contributed by atoms with Crippen LogP contribution in [0.25, 0.3) is 0 Å². The Morgan fingerprint density at radius 3 is 2.71 bits per heavy atom. The first kappa shape index (κ1) is 18.6. The number of ether oxygens (including phenoxy) is 2. The van der Waals surface area contributed by atoms with Gasteiger partial charge >= 0.3 is 0 Å². The number of anilines is 2. The van der Waals surface area contributed by atoms with Crippen molar-refractivity contribution in [3.8, 4) is 11.5 Å². The van der Waals surface area contributed by atoms with Crippen molar-refractivity contribution in [2.45, 2.75) is 26.3 Å². The highest BCUT2D eigenvalue weighted by Gasteiger charge is 2.34. The number of para-hydroxylation sites is 1. The Labute approximate surface area is 164 Å². The van der Waals surface area contributed by atoms with Crippen molar-refractivity contribution in [1.29, 1.82) is 0 Å². The number of carbonyl (C=O) groups is 1. The highest BCUT2D eigenvalue weighted by atomic mass is 32.2. The van der Waals surface area contributed by atoms with E-state index in [4.69, 9.17) is 9.47 Å². The summed E-state index contributed by atoms with van der Waals surface area (Å²) in [5, 5.41) is 0. The molecular weight excluding hydrogens is 380 g/mol. The molecule has 0 bridgehead atoms. The first-order valence-corrected chi connectivity index (χ1v) is 10.8.